The Hall–Kier alpha value is -3.74. The van der Waals surface area contributed by atoms with Crippen LogP contribution in [0.25, 0.3) is 11.0 Å². The first-order valence-electron chi connectivity index (χ1n) is 19.5. The molecular formula is C36H51BrF4N10O4. The average molecular weight is 844 g/mol. The number of rotatable bonds is 9. The first kappa shape index (κ1) is 40.9. The van der Waals surface area contributed by atoms with E-state index in [2.05, 4.69) is 46.3 Å². The van der Waals surface area contributed by atoms with Crippen molar-refractivity contribution < 1.29 is 27.0 Å². The van der Waals surface area contributed by atoms with Crippen molar-refractivity contribution in [1.82, 2.24) is 43.6 Å². The number of halogens is 5. The molecule has 0 atom stereocenters. The van der Waals surface area contributed by atoms with E-state index >= 15 is 0 Å². The van der Waals surface area contributed by atoms with Crippen molar-refractivity contribution in [1.29, 1.82) is 0 Å². The van der Waals surface area contributed by atoms with Crippen LogP contribution in [0.3, 0.4) is 0 Å². The molecule has 2 aliphatic heterocycles. The summed E-state index contributed by atoms with van der Waals surface area (Å²) in [6, 6.07) is 0.409. The fraction of sp³-hybridized carbons (Fsp3) is 0.722. The van der Waals surface area contributed by atoms with E-state index in [0.717, 1.165) is 25.9 Å². The highest BCUT2D eigenvalue weighted by atomic mass is 79.9. The Kier molecular flexibility index (Phi) is 13.4. The predicted octanol–water partition coefficient (Wildman–Crippen LogP) is 5.96. The Morgan fingerprint density at radius 3 is 1.64 bits per heavy atom. The number of anilines is 1. The van der Waals surface area contributed by atoms with E-state index in [1.54, 1.807) is 10.7 Å². The SMILES string of the molecule is C1CCNC1.CCn1c(OCC2CCC(F)(F)CC2)nn2c(Br)ncc2c1=O.CCn1c(OCC2CCC(F)(F)CC2)nn2c(N3CCCC3)ncc2c1=O. The second kappa shape index (κ2) is 18.0. The van der Waals surface area contributed by atoms with Crippen LogP contribution in [0, 0.1) is 11.8 Å². The number of nitrogens with zero attached hydrogens (tertiary/aromatic N) is 9. The third-order valence-corrected chi connectivity index (χ3v) is 11.3. The Balaban J connectivity index is 0.000000167. The summed E-state index contributed by atoms with van der Waals surface area (Å²) in [6.07, 6.45) is 9.23. The van der Waals surface area contributed by atoms with Crippen LogP contribution >= 0.6 is 15.9 Å². The molecule has 2 saturated heterocycles. The topological polar surface area (TPSA) is 138 Å². The molecule has 1 N–H and O–H groups in total. The molecule has 0 spiro atoms. The molecule has 14 nitrogen and oxygen atoms in total. The highest BCUT2D eigenvalue weighted by molar-refractivity contribution is 9.10. The predicted molar refractivity (Wildman–Crippen MR) is 202 cm³/mol. The lowest BCUT2D eigenvalue weighted by atomic mass is 9.87. The van der Waals surface area contributed by atoms with Gasteiger partial charge in [0.2, 0.25) is 17.8 Å². The minimum absolute atomic E-state index is 0.0544. The van der Waals surface area contributed by atoms with Gasteiger partial charge in [-0.1, -0.05) is 0 Å². The summed E-state index contributed by atoms with van der Waals surface area (Å²) in [5.41, 5.74) is 0.327. The Labute approximate surface area is 324 Å². The molecule has 0 unspecified atom stereocenters. The van der Waals surface area contributed by atoms with Crippen molar-refractivity contribution in [2.24, 2.45) is 11.8 Å². The summed E-state index contributed by atoms with van der Waals surface area (Å²) in [5, 5.41) is 12.0. The van der Waals surface area contributed by atoms with Gasteiger partial charge in [-0.15, -0.1) is 10.2 Å². The number of hydrogen-bond acceptors (Lipinski definition) is 10. The molecule has 2 aliphatic carbocycles. The second-order valence-electron chi connectivity index (χ2n) is 14.7. The van der Waals surface area contributed by atoms with Crippen LogP contribution in [0.1, 0.15) is 90.9 Å². The second-order valence-corrected chi connectivity index (χ2v) is 15.4. The highest BCUT2D eigenvalue weighted by Crippen LogP contribution is 2.37. The summed E-state index contributed by atoms with van der Waals surface area (Å²) in [7, 11) is 0. The van der Waals surface area contributed by atoms with Gasteiger partial charge in [0.15, 0.2) is 15.8 Å². The lowest BCUT2D eigenvalue weighted by molar-refractivity contribution is -0.0509. The Bertz CT molecular complexity index is 1980. The van der Waals surface area contributed by atoms with Gasteiger partial charge in [-0.2, -0.15) is 9.03 Å². The summed E-state index contributed by atoms with van der Waals surface area (Å²) in [4.78, 5) is 35.7. The first-order valence-corrected chi connectivity index (χ1v) is 20.3. The third kappa shape index (κ3) is 9.99. The molecule has 0 amide bonds. The zero-order valence-corrected chi connectivity index (χ0v) is 33.1. The molecular weight excluding hydrogens is 792 g/mol. The van der Waals surface area contributed by atoms with Gasteiger partial charge in [-0.3, -0.25) is 18.7 Å². The molecule has 2 saturated carbocycles. The van der Waals surface area contributed by atoms with Gasteiger partial charge in [0.25, 0.3) is 11.1 Å². The highest BCUT2D eigenvalue weighted by Gasteiger charge is 2.36. The number of alkyl halides is 4. The first-order chi connectivity index (χ1) is 26.4. The zero-order valence-electron chi connectivity index (χ0n) is 31.5. The van der Waals surface area contributed by atoms with Gasteiger partial charge >= 0.3 is 12.0 Å². The van der Waals surface area contributed by atoms with Crippen LogP contribution in [-0.2, 0) is 13.1 Å². The van der Waals surface area contributed by atoms with E-state index in [9.17, 15) is 27.2 Å². The van der Waals surface area contributed by atoms with Crippen LogP contribution in [0.5, 0.6) is 12.0 Å². The van der Waals surface area contributed by atoms with E-state index in [0.29, 0.717) is 67.1 Å². The van der Waals surface area contributed by atoms with Gasteiger partial charge < -0.3 is 19.7 Å². The molecule has 8 rings (SSSR count). The largest absolute Gasteiger partial charge is 0.463 e. The van der Waals surface area contributed by atoms with Gasteiger partial charge in [0.1, 0.15) is 0 Å². The average Bonchev–Trinajstić information content (AvgIpc) is 4.01. The quantitative estimate of drug-likeness (QED) is 0.201. The minimum atomic E-state index is -2.55. The Morgan fingerprint density at radius 2 is 1.18 bits per heavy atom. The Morgan fingerprint density at radius 1 is 0.727 bits per heavy atom. The maximum absolute atomic E-state index is 13.3. The van der Waals surface area contributed by atoms with Crippen molar-refractivity contribution in [2.75, 3.05) is 44.3 Å². The summed E-state index contributed by atoms with van der Waals surface area (Å²) < 4.78 is 70.8. The molecule has 0 aromatic carbocycles. The fourth-order valence-corrected chi connectivity index (χ4v) is 7.69. The molecule has 304 valence electrons. The molecule has 6 heterocycles. The van der Waals surface area contributed by atoms with Crippen LogP contribution in [-0.4, -0.2) is 89.6 Å². The van der Waals surface area contributed by atoms with Gasteiger partial charge in [-0.05, 0) is 106 Å². The van der Waals surface area contributed by atoms with Crippen molar-refractivity contribution in [3.8, 4) is 12.0 Å². The number of nitrogens with one attached hydrogen (secondary N) is 1. The van der Waals surface area contributed by atoms with E-state index in [1.807, 2.05) is 13.8 Å². The lowest BCUT2D eigenvalue weighted by Gasteiger charge is -2.28. The molecule has 0 bridgehead atoms. The number of ether oxygens (including phenoxy) is 2. The van der Waals surface area contributed by atoms with E-state index in [1.165, 1.54) is 45.8 Å². The molecule has 4 aliphatic rings. The molecule has 4 aromatic heterocycles. The monoisotopic (exact) mass is 842 g/mol. The minimum Gasteiger partial charge on any atom is -0.463 e. The van der Waals surface area contributed by atoms with Gasteiger partial charge in [0, 0.05) is 51.9 Å². The van der Waals surface area contributed by atoms with Crippen LogP contribution in [0.2, 0.25) is 0 Å². The normalized spacial score (nSPS) is 19.9. The maximum Gasteiger partial charge on any atom is 0.317 e. The van der Waals surface area contributed by atoms with Crippen LogP contribution in [0.15, 0.2) is 26.7 Å². The van der Waals surface area contributed by atoms with Gasteiger partial charge in [-0.25, -0.2) is 27.5 Å². The smallest absolute Gasteiger partial charge is 0.317 e. The maximum atomic E-state index is 13.3. The summed E-state index contributed by atoms with van der Waals surface area (Å²) in [5.74, 6) is -4.34. The third-order valence-electron chi connectivity index (χ3n) is 10.7. The van der Waals surface area contributed by atoms with Crippen LogP contribution < -0.4 is 30.8 Å². The standard InChI is InChI=1S/C18H25F2N5O2.C14H17BrF2N4O2.C4H9N/c1-2-24-15(26)14-11-21-16(23-9-3-4-10-23)25(14)22-17(24)27-12-13-5-7-18(19,20)8-6-13;1-2-20-11(22)10-7-18-12(15)21(10)19-13(20)23-8-9-3-5-14(16,17)6-4-9;1-2-4-5-3-1/h11,13H,2-10,12H2,1H3;7,9H,2-6,8H2,1H3;5H,1-4H2. The lowest BCUT2D eigenvalue weighted by Crippen LogP contribution is -2.30. The van der Waals surface area contributed by atoms with E-state index in [-0.39, 0.29) is 67.3 Å². The van der Waals surface area contributed by atoms with E-state index in [4.69, 9.17) is 9.47 Å². The number of hydrogen-bond donors (Lipinski definition) is 1. The molecule has 0 radical (unpaired) electrons. The van der Waals surface area contributed by atoms with Crippen molar-refractivity contribution in [3.63, 3.8) is 0 Å². The summed E-state index contributed by atoms with van der Waals surface area (Å²) >= 11 is 3.22. The van der Waals surface area contributed by atoms with Crippen molar-refractivity contribution >= 4 is 32.9 Å². The van der Waals surface area contributed by atoms with Crippen LogP contribution in [0.4, 0.5) is 23.5 Å². The zero-order chi connectivity index (χ0) is 39.2. The number of aromatic nitrogens is 8. The van der Waals surface area contributed by atoms with Crippen molar-refractivity contribution in [3.05, 3.63) is 37.8 Å². The molecule has 4 fully saturated rings. The summed E-state index contributed by atoms with van der Waals surface area (Å²) in [6.45, 7) is 9.36. The van der Waals surface area contributed by atoms with Crippen molar-refractivity contribution in [2.45, 2.75) is 116 Å². The molecule has 4 aromatic rings. The van der Waals surface area contributed by atoms with E-state index < -0.39 is 11.8 Å². The number of fused-ring (bicyclic) bond motifs is 2. The van der Waals surface area contributed by atoms with Gasteiger partial charge in [0.05, 0.1) is 25.6 Å². The molecule has 19 heteroatoms. The number of imidazole rings is 2. The molecule has 55 heavy (non-hydrogen) atoms. The fourth-order valence-electron chi connectivity index (χ4n) is 7.32.